The van der Waals surface area contributed by atoms with E-state index >= 15 is 0 Å². The number of nitrogens with two attached hydrogens (primary N) is 1. The molecule has 0 aliphatic rings. The molecular formula is C11H15NOS. The smallest absolute Gasteiger partial charge is 0.161 e. The van der Waals surface area contributed by atoms with Gasteiger partial charge in [0.25, 0.3) is 0 Å². The number of carbonyl (C=O) groups excluding carboxylic acids is 1. The van der Waals surface area contributed by atoms with Crippen LogP contribution in [0.3, 0.4) is 0 Å². The minimum absolute atomic E-state index is 0.0220. The van der Waals surface area contributed by atoms with Gasteiger partial charge in [-0.05, 0) is 25.1 Å². The van der Waals surface area contributed by atoms with Gasteiger partial charge in [0.1, 0.15) is 0 Å². The van der Waals surface area contributed by atoms with Gasteiger partial charge in [-0.15, -0.1) is 11.8 Å². The molecule has 0 atom stereocenters. The van der Waals surface area contributed by atoms with Crippen molar-refractivity contribution in [1.82, 2.24) is 0 Å². The summed E-state index contributed by atoms with van der Waals surface area (Å²) in [6, 6.07) is 5.61. The number of rotatable bonds is 3. The van der Waals surface area contributed by atoms with Crippen LogP contribution in [0.4, 0.5) is 5.69 Å². The summed E-state index contributed by atoms with van der Waals surface area (Å²) in [5.74, 6) is 0.0220. The first kappa shape index (κ1) is 11.1. The van der Waals surface area contributed by atoms with Crippen molar-refractivity contribution in [2.24, 2.45) is 0 Å². The lowest BCUT2D eigenvalue weighted by Crippen LogP contribution is -1.99. The molecule has 0 heterocycles. The Morgan fingerprint density at radius 2 is 2.07 bits per heavy atom. The van der Waals surface area contributed by atoms with E-state index in [4.69, 9.17) is 5.73 Å². The minimum atomic E-state index is 0.0220. The van der Waals surface area contributed by atoms with Crippen LogP contribution in [0, 0.1) is 0 Å². The van der Waals surface area contributed by atoms with Crippen LogP contribution < -0.4 is 5.73 Å². The number of anilines is 1. The summed E-state index contributed by atoms with van der Waals surface area (Å²) in [4.78, 5) is 12.3. The Bertz CT molecular complexity index is 347. The van der Waals surface area contributed by atoms with E-state index in [1.165, 1.54) is 6.92 Å². The molecule has 2 nitrogen and oxygen atoms in total. The second-order valence-electron chi connectivity index (χ2n) is 3.47. The molecular weight excluding hydrogens is 194 g/mol. The van der Waals surface area contributed by atoms with Crippen molar-refractivity contribution in [2.45, 2.75) is 30.9 Å². The van der Waals surface area contributed by atoms with Gasteiger partial charge in [-0.2, -0.15) is 0 Å². The predicted molar refractivity (Wildman–Crippen MR) is 61.9 cm³/mol. The van der Waals surface area contributed by atoms with E-state index in [0.29, 0.717) is 16.5 Å². The van der Waals surface area contributed by atoms with Gasteiger partial charge in [0, 0.05) is 21.4 Å². The van der Waals surface area contributed by atoms with Gasteiger partial charge < -0.3 is 5.73 Å². The lowest BCUT2D eigenvalue weighted by molar-refractivity contribution is 0.101. The highest BCUT2D eigenvalue weighted by Gasteiger charge is 2.06. The Labute approximate surface area is 88.9 Å². The lowest BCUT2D eigenvalue weighted by atomic mass is 10.1. The molecule has 0 spiro atoms. The quantitative estimate of drug-likeness (QED) is 0.473. The zero-order valence-corrected chi connectivity index (χ0v) is 9.52. The number of carbonyl (C=O) groups is 1. The van der Waals surface area contributed by atoms with Crippen LogP contribution in [0.5, 0.6) is 0 Å². The molecule has 0 saturated heterocycles. The van der Waals surface area contributed by atoms with E-state index in [0.717, 1.165) is 4.90 Å². The van der Waals surface area contributed by atoms with Crippen molar-refractivity contribution in [3.8, 4) is 0 Å². The molecule has 0 aliphatic heterocycles. The first-order chi connectivity index (χ1) is 6.50. The summed E-state index contributed by atoms with van der Waals surface area (Å²) in [6.45, 7) is 5.78. The summed E-state index contributed by atoms with van der Waals surface area (Å²) in [5, 5.41) is 0.512. The molecule has 14 heavy (non-hydrogen) atoms. The van der Waals surface area contributed by atoms with Gasteiger partial charge in [0.2, 0.25) is 0 Å². The first-order valence-corrected chi connectivity index (χ1v) is 5.46. The number of benzene rings is 1. The van der Waals surface area contributed by atoms with Gasteiger partial charge in [0.05, 0.1) is 0 Å². The predicted octanol–water partition coefficient (Wildman–Crippen LogP) is 2.97. The van der Waals surface area contributed by atoms with E-state index in [2.05, 4.69) is 13.8 Å². The highest BCUT2D eigenvalue weighted by molar-refractivity contribution is 7.99. The van der Waals surface area contributed by atoms with Crippen molar-refractivity contribution >= 4 is 23.2 Å². The van der Waals surface area contributed by atoms with E-state index in [-0.39, 0.29) is 5.78 Å². The molecule has 0 fully saturated rings. The van der Waals surface area contributed by atoms with Crippen molar-refractivity contribution < 1.29 is 4.79 Å². The molecule has 3 heteroatoms. The van der Waals surface area contributed by atoms with Gasteiger partial charge in [0.15, 0.2) is 5.78 Å². The summed E-state index contributed by atoms with van der Waals surface area (Å²) in [5.41, 5.74) is 6.87. The fourth-order valence-electron chi connectivity index (χ4n) is 1.19. The van der Waals surface area contributed by atoms with Crippen molar-refractivity contribution in [2.75, 3.05) is 5.73 Å². The van der Waals surface area contributed by atoms with Crippen LogP contribution >= 0.6 is 11.8 Å². The minimum Gasteiger partial charge on any atom is -0.398 e. The number of ketones is 1. The Morgan fingerprint density at radius 3 is 2.57 bits per heavy atom. The third-order valence-electron chi connectivity index (χ3n) is 1.78. The van der Waals surface area contributed by atoms with E-state index in [9.17, 15) is 4.79 Å². The van der Waals surface area contributed by atoms with Gasteiger partial charge in [-0.1, -0.05) is 13.8 Å². The van der Waals surface area contributed by atoms with E-state index in [1.54, 1.807) is 17.8 Å². The molecule has 0 amide bonds. The maximum absolute atomic E-state index is 11.2. The molecule has 76 valence electrons. The van der Waals surface area contributed by atoms with Crippen LogP contribution in [0.1, 0.15) is 31.1 Å². The highest BCUT2D eigenvalue weighted by atomic mass is 32.2. The maximum Gasteiger partial charge on any atom is 0.161 e. The van der Waals surface area contributed by atoms with Crippen molar-refractivity contribution in [1.29, 1.82) is 0 Å². The zero-order valence-electron chi connectivity index (χ0n) is 8.70. The number of hydrogen-bond donors (Lipinski definition) is 1. The molecule has 0 saturated carbocycles. The molecule has 0 unspecified atom stereocenters. The number of nitrogen functional groups attached to an aromatic ring is 1. The second-order valence-corrected chi connectivity index (χ2v) is 5.12. The highest BCUT2D eigenvalue weighted by Crippen LogP contribution is 2.26. The van der Waals surface area contributed by atoms with Crippen molar-refractivity contribution in [3.63, 3.8) is 0 Å². The zero-order chi connectivity index (χ0) is 10.7. The topological polar surface area (TPSA) is 43.1 Å². The largest absolute Gasteiger partial charge is 0.398 e. The molecule has 0 bridgehead atoms. The Morgan fingerprint density at radius 1 is 1.43 bits per heavy atom. The van der Waals surface area contributed by atoms with Crippen LogP contribution in [0.2, 0.25) is 0 Å². The molecule has 1 rings (SSSR count). The molecule has 0 aliphatic carbocycles. The Hall–Kier alpha value is -0.960. The fraction of sp³-hybridized carbons (Fsp3) is 0.364. The summed E-state index contributed by atoms with van der Waals surface area (Å²) in [6.07, 6.45) is 0. The van der Waals surface area contributed by atoms with Crippen LogP contribution in [-0.4, -0.2) is 11.0 Å². The lowest BCUT2D eigenvalue weighted by Gasteiger charge is -2.07. The molecule has 1 aromatic rings. The SMILES string of the molecule is CC(=O)c1cc(SC(C)C)ccc1N. The first-order valence-electron chi connectivity index (χ1n) is 4.58. The van der Waals surface area contributed by atoms with Crippen LogP contribution in [0.15, 0.2) is 23.1 Å². The fourth-order valence-corrected chi connectivity index (χ4v) is 2.06. The summed E-state index contributed by atoms with van der Waals surface area (Å²) < 4.78 is 0. The third-order valence-corrected chi connectivity index (χ3v) is 2.77. The van der Waals surface area contributed by atoms with Crippen molar-refractivity contribution in [3.05, 3.63) is 23.8 Å². The Kier molecular flexibility index (Phi) is 3.58. The number of thioether (sulfide) groups is 1. The standard InChI is InChI=1S/C11H15NOS/c1-7(2)14-9-4-5-11(12)10(6-9)8(3)13/h4-7H,12H2,1-3H3. The van der Waals surface area contributed by atoms with Crippen LogP contribution in [-0.2, 0) is 0 Å². The molecule has 1 aromatic carbocycles. The molecule has 0 radical (unpaired) electrons. The third kappa shape index (κ3) is 2.77. The second kappa shape index (κ2) is 4.51. The average Bonchev–Trinajstić information content (AvgIpc) is 2.07. The number of Topliss-reactive ketones (excluding diaryl/α,β-unsaturated/α-hetero) is 1. The van der Waals surface area contributed by atoms with Gasteiger partial charge >= 0.3 is 0 Å². The molecule has 2 N–H and O–H groups in total. The molecule has 0 aromatic heterocycles. The maximum atomic E-state index is 11.2. The van der Waals surface area contributed by atoms with E-state index < -0.39 is 0 Å². The normalized spacial score (nSPS) is 10.6. The number of hydrogen-bond acceptors (Lipinski definition) is 3. The summed E-state index contributed by atoms with van der Waals surface area (Å²) in [7, 11) is 0. The Balaban J connectivity index is 3.00. The monoisotopic (exact) mass is 209 g/mol. The van der Waals surface area contributed by atoms with Crippen LogP contribution in [0.25, 0.3) is 0 Å². The van der Waals surface area contributed by atoms with E-state index in [1.807, 2.05) is 12.1 Å². The average molecular weight is 209 g/mol. The van der Waals surface area contributed by atoms with Gasteiger partial charge in [-0.25, -0.2) is 0 Å². The summed E-state index contributed by atoms with van der Waals surface area (Å²) >= 11 is 1.73. The van der Waals surface area contributed by atoms with Gasteiger partial charge in [-0.3, -0.25) is 4.79 Å².